The molecule has 72 valence electrons. The van der Waals surface area contributed by atoms with E-state index in [9.17, 15) is 0 Å². The maximum absolute atomic E-state index is 5.50. The highest BCUT2D eigenvalue weighted by atomic mass is 15.4. The Morgan fingerprint density at radius 1 is 1.21 bits per heavy atom. The van der Waals surface area contributed by atoms with Gasteiger partial charge in [0.25, 0.3) is 0 Å². The molecule has 0 aliphatic rings. The van der Waals surface area contributed by atoms with Crippen LogP contribution in [0, 0.1) is 0 Å². The molecule has 0 unspecified atom stereocenters. The van der Waals surface area contributed by atoms with Crippen LogP contribution < -0.4 is 5.73 Å². The Kier molecular flexibility index (Phi) is 2.55. The molecule has 2 aromatic rings. The van der Waals surface area contributed by atoms with Crippen LogP contribution in [0.4, 0.5) is 0 Å². The highest BCUT2D eigenvalue weighted by Gasteiger charge is 2.03. The molecule has 0 bridgehead atoms. The minimum Gasteiger partial charge on any atom is -0.330 e. The summed E-state index contributed by atoms with van der Waals surface area (Å²) in [7, 11) is 0. The van der Waals surface area contributed by atoms with Crippen molar-refractivity contribution >= 4 is 0 Å². The summed E-state index contributed by atoms with van der Waals surface area (Å²) >= 11 is 0. The third-order valence-corrected chi connectivity index (χ3v) is 2.02. The molecule has 4 nitrogen and oxygen atoms in total. The molecular formula is C10H12N4. The smallest absolute Gasteiger partial charge is 0.0730 e. The Morgan fingerprint density at radius 3 is 2.71 bits per heavy atom. The van der Waals surface area contributed by atoms with Gasteiger partial charge in [0.15, 0.2) is 0 Å². The topological polar surface area (TPSA) is 56.7 Å². The molecule has 14 heavy (non-hydrogen) atoms. The zero-order valence-electron chi connectivity index (χ0n) is 7.80. The molecule has 4 heteroatoms. The third kappa shape index (κ3) is 1.65. The van der Waals surface area contributed by atoms with Crippen LogP contribution in [0.3, 0.4) is 0 Å². The van der Waals surface area contributed by atoms with Gasteiger partial charge in [0.1, 0.15) is 0 Å². The number of aromatic nitrogens is 3. The fraction of sp³-hybridized carbons (Fsp3) is 0.200. The van der Waals surface area contributed by atoms with Crippen molar-refractivity contribution in [3.8, 4) is 5.69 Å². The van der Waals surface area contributed by atoms with Crippen molar-refractivity contribution in [2.45, 2.75) is 6.42 Å². The van der Waals surface area contributed by atoms with Gasteiger partial charge in [0, 0.05) is 6.42 Å². The van der Waals surface area contributed by atoms with E-state index in [1.807, 2.05) is 35.0 Å². The van der Waals surface area contributed by atoms with Crippen molar-refractivity contribution in [1.82, 2.24) is 15.0 Å². The molecule has 2 rings (SSSR count). The standard InChI is InChI=1S/C10H12N4/c11-7-6-10-8-12-13-14(10)9-4-2-1-3-5-9/h1-5,8H,6-7,11H2. The van der Waals surface area contributed by atoms with Gasteiger partial charge in [0.2, 0.25) is 0 Å². The predicted octanol–water partition coefficient (Wildman–Crippen LogP) is 0.768. The van der Waals surface area contributed by atoms with Gasteiger partial charge in [-0.05, 0) is 18.7 Å². The number of rotatable bonds is 3. The number of para-hydroxylation sites is 1. The molecule has 0 fully saturated rings. The van der Waals surface area contributed by atoms with E-state index in [0.717, 1.165) is 17.8 Å². The first-order valence-corrected chi connectivity index (χ1v) is 4.57. The van der Waals surface area contributed by atoms with Crippen LogP contribution in [0.5, 0.6) is 0 Å². The molecule has 0 amide bonds. The third-order valence-electron chi connectivity index (χ3n) is 2.02. The first-order valence-electron chi connectivity index (χ1n) is 4.57. The second kappa shape index (κ2) is 4.02. The van der Waals surface area contributed by atoms with Crippen molar-refractivity contribution in [2.75, 3.05) is 6.54 Å². The zero-order chi connectivity index (χ0) is 9.80. The van der Waals surface area contributed by atoms with Crippen LogP contribution in [0.25, 0.3) is 5.69 Å². The van der Waals surface area contributed by atoms with Gasteiger partial charge in [-0.3, -0.25) is 0 Å². The lowest BCUT2D eigenvalue weighted by Gasteiger charge is -2.03. The Morgan fingerprint density at radius 2 is 2.00 bits per heavy atom. The fourth-order valence-corrected chi connectivity index (χ4v) is 1.36. The van der Waals surface area contributed by atoms with Crippen molar-refractivity contribution in [2.24, 2.45) is 5.73 Å². The van der Waals surface area contributed by atoms with Crippen molar-refractivity contribution in [1.29, 1.82) is 0 Å². The van der Waals surface area contributed by atoms with Gasteiger partial charge in [-0.25, -0.2) is 4.68 Å². The molecular weight excluding hydrogens is 176 g/mol. The Balaban J connectivity index is 2.37. The van der Waals surface area contributed by atoms with Crippen LogP contribution in [-0.4, -0.2) is 21.5 Å². The van der Waals surface area contributed by atoms with E-state index in [1.54, 1.807) is 6.20 Å². The Hall–Kier alpha value is -1.68. The fourth-order valence-electron chi connectivity index (χ4n) is 1.36. The van der Waals surface area contributed by atoms with E-state index in [1.165, 1.54) is 0 Å². The average Bonchev–Trinajstić information content (AvgIpc) is 2.68. The Bertz CT molecular complexity index is 394. The summed E-state index contributed by atoms with van der Waals surface area (Å²) in [6, 6.07) is 9.92. The molecule has 0 atom stereocenters. The summed E-state index contributed by atoms with van der Waals surface area (Å²) in [4.78, 5) is 0. The maximum Gasteiger partial charge on any atom is 0.0730 e. The van der Waals surface area contributed by atoms with Crippen molar-refractivity contribution in [3.05, 3.63) is 42.2 Å². The van der Waals surface area contributed by atoms with E-state index in [-0.39, 0.29) is 0 Å². The summed E-state index contributed by atoms with van der Waals surface area (Å²) in [5, 5.41) is 7.89. The Labute approximate surface area is 82.4 Å². The molecule has 0 saturated carbocycles. The van der Waals surface area contributed by atoms with Gasteiger partial charge in [-0.15, -0.1) is 5.10 Å². The number of hydrogen-bond donors (Lipinski definition) is 1. The SMILES string of the molecule is NCCc1cnnn1-c1ccccc1. The second-order valence-electron chi connectivity index (χ2n) is 3.01. The lowest BCUT2D eigenvalue weighted by atomic mass is 10.3. The van der Waals surface area contributed by atoms with Crippen LogP contribution in [-0.2, 0) is 6.42 Å². The summed E-state index contributed by atoms with van der Waals surface area (Å²) in [5.74, 6) is 0. The summed E-state index contributed by atoms with van der Waals surface area (Å²) in [6.45, 7) is 0.611. The first kappa shape index (κ1) is 8.90. The summed E-state index contributed by atoms with van der Waals surface area (Å²) in [5.41, 5.74) is 7.56. The number of hydrogen-bond acceptors (Lipinski definition) is 3. The molecule has 1 aromatic carbocycles. The summed E-state index contributed by atoms with van der Waals surface area (Å²) < 4.78 is 1.81. The molecule has 1 heterocycles. The van der Waals surface area contributed by atoms with Gasteiger partial charge in [-0.2, -0.15) is 0 Å². The monoisotopic (exact) mass is 188 g/mol. The lowest BCUT2D eigenvalue weighted by Crippen LogP contribution is -2.08. The highest BCUT2D eigenvalue weighted by Crippen LogP contribution is 2.08. The summed E-state index contributed by atoms with van der Waals surface area (Å²) in [6.07, 6.45) is 2.54. The van der Waals surface area contributed by atoms with E-state index in [2.05, 4.69) is 10.3 Å². The lowest BCUT2D eigenvalue weighted by molar-refractivity contribution is 0.755. The van der Waals surface area contributed by atoms with Gasteiger partial charge >= 0.3 is 0 Å². The van der Waals surface area contributed by atoms with Crippen LogP contribution in [0.15, 0.2) is 36.5 Å². The quantitative estimate of drug-likeness (QED) is 0.774. The molecule has 0 aliphatic heterocycles. The highest BCUT2D eigenvalue weighted by molar-refractivity contribution is 5.31. The van der Waals surface area contributed by atoms with Crippen LogP contribution >= 0.6 is 0 Å². The van der Waals surface area contributed by atoms with E-state index in [0.29, 0.717) is 6.54 Å². The maximum atomic E-state index is 5.50. The largest absolute Gasteiger partial charge is 0.330 e. The van der Waals surface area contributed by atoms with Crippen molar-refractivity contribution in [3.63, 3.8) is 0 Å². The zero-order valence-corrected chi connectivity index (χ0v) is 7.80. The molecule has 2 N–H and O–H groups in total. The average molecular weight is 188 g/mol. The molecule has 0 spiro atoms. The van der Waals surface area contributed by atoms with E-state index < -0.39 is 0 Å². The van der Waals surface area contributed by atoms with Gasteiger partial charge in [-0.1, -0.05) is 23.4 Å². The molecule has 0 radical (unpaired) electrons. The van der Waals surface area contributed by atoms with E-state index >= 15 is 0 Å². The predicted molar refractivity (Wildman–Crippen MR) is 54.1 cm³/mol. The minimum atomic E-state index is 0.611. The number of benzene rings is 1. The van der Waals surface area contributed by atoms with Crippen LogP contribution in [0.1, 0.15) is 5.69 Å². The molecule has 1 aromatic heterocycles. The van der Waals surface area contributed by atoms with Crippen LogP contribution in [0.2, 0.25) is 0 Å². The first-order chi connectivity index (χ1) is 6.92. The number of nitrogens with zero attached hydrogens (tertiary/aromatic N) is 3. The van der Waals surface area contributed by atoms with Gasteiger partial charge < -0.3 is 5.73 Å². The normalized spacial score (nSPS) is 10.4. The second-order valence-corrected chi connectivity index (χ2v) is 3.01. The van der Waals surface area contributed by atoms with Gasteiger partial charge in [0.05, 0.1) is 17.6 Å². The molecule has 0 aliphatic carbocycles. The minimum absolute atomic E-state index is 0.611. The van der Waals surface area contributed by atoms with E-state index in [4.69, 9.17) is 5.73 Å². The van der Waals surface area contributed by atoms with Crippen molar-refractivity contribution < 1.29 is 0 Å². The number of nitrogens with two attached hydrogens (primary N) is 1. The molecule has 0 saturated heterocycles.